The Morgan fingerprint density at radius 3 is 3.00 bits per heavy atom. The number of H-pyrrole nitrogens is 1. The van der Waals surface area contributed by atoms with E-state index >= 15 is 0 Å². The van der Waals surface area contributed by atoms with Crippen LogP contribution < -0.4 is 5.32 Å². The number of aromatic amines is 1. The Hall–Kier alpha value is -1.13. The van der Waals surface area contributed by atoms with Crippen LogP contribution in [0.15, 0.2) is 35.2 Å². The predicted octanol–water partition coefficient (Wildman–Crippen LogP) is 2.81. The molecule has 0 aliphatic heterocycles. The number of benzene rings is 1. The number of halogens is 1. The number of aromatic nitrogens is 2. The second kappa shape index (κ2) is 5.98. The molecule has 90 valence electrons. The van der Waals surface area contributed by atoms with Crippen LogP contribution in [0, 0.1) is 6.92 Å². The monoisotopic (exact) mass is 293 g/mol. The molecule has 4 heteroatoms. The van der Waals surface area contributed by atoms with Gasteiger partial charge in [-0.25, -0.2) is 4.98 Å². The van der Waals surface area contributed by atoms with Gasteiger partial charge in [0.05, 0.1) is 6.33 Å². The summed E-state index contributed by atoms with van der Waals surface area (Å²) >= 11 is 3.55. The van der Waals surface area contributed by atoms with Crippen LogP contribution in [0.5, 0.6) is 0 Å². The molecule has 0 amide bonds. The third kappa shape index (κ3) is 3.68. The van der Waals surface area contributed by atoms with Crippen molar-refractivity contribution in [1.82, 2.24) is 15.3 Å². The first kappa shape index (κ1) is 12.3. The highest BCUT2D eigenvalue weighted by Crippen LogP contribution is 2.17. The Morgan fingerprint density at radius 2 is 2.29 bits per heavy atom. The van der Waals surface area contributed by atoms with Crippen LogP contribution in [0.4, 0.5) is 0 Å². The summed E-state index contributed by atoms with van der Waals surface area (Å²) in [7, 11) is 0. The molecule has 2 rings (SSSR count). The van der Waals surface area contributed by atoms with Crippen LogP contribution in [0.1, 0.15) is 16.8 Å². The van der Waals surface area contributed by atoms with Crippen LogP contribution in [0.25, 0.3) is 0 Å². The normalized spacial score (nSPS) is 10.7. The number of imidazole rings is 1. The molecule has 0 aliphatic rings. The SMILES string of the molecule is Cc1ccc(CNCCc2cnc[nH]2)cc1Br. The molecule has 0 radical (unpaired) electrons. The van der Waals surface area contributed by atoms with Gasteiger partial charge in [0, 0.05) is 35.9 Å². The molecule has 17 heavy (non-hydrogen) atoms. The van der Waals surface area contributed by atoms with E-state index < -0.39 is 0 Å². The minimum atomic E-state index is 0.896. The largest absolute Gasteiger partial charge is 0.348 e. The van der Waals surface area contributed by atoms with Gasteiger partial charge in [-0.1, -0.05) is 28.1 Å². The predicted molar refractivity (Wildman–Crippen MR) is 72.9 cm³/mol. The van der Waals surface area contributed by atoms with Gasteiger partial charge in [0.25, 0.3) is 0 Å². The van der Waals surface area contributed by atoms with E-state index in [2.05, 4.69) is 56.3 Å². The Kier molecular flexibility index (Phi) is 4.34. The Balaban J connectivity index is 1.76. The molecular weight excluding hydrogens is 278 g/mol. The quantitative estimate of drug-likeness (QED) is 0.833. The van der Waals surface area contributed by atoms with Crippen molar-refractivity contribution in [1.29, 1.82) is 0 Å². The molecule has 0 saturated carbocycles. The average Bonchev–Trinajstić information content (AvgIpc) is 2.82. The molecule has 2 aromatic rings. The lowest BCUT2D eigenvalue weighted by molar-refractivity contribution is 0.681. The van der Waals surface area contributed by atoms with Crippen molar-refractivity contribution in [2.45, 2.75) is 19.9 Å². The second-order valence-electron chi connectivity index (χ2n) is 4.09. The standard InChI is InChI=1S/C13H16BrN3/c1-10-2-3-11(6-13(10)14)7-15-5-4-12-8-16-9-17-12/h2-3,6,8-9,15H,4-5,7H2,1H3,(H,16,17). The van der Waals surface area contributed by atoms with Crippen molar-refractivity contribution >= 4 is 15.9 Å². The van der Waals surface area contributed by atoms with Gasteiger partial charge >= 0.3 is 0 Å². The molecular formula is C13H16BrN3. The van der Waals surface area contributed by atoms with E-state index in [1.807, 2.05) is 6.20 Å². The van der Waals surface area contributed by atoms with Crippen molar-refractivity contribution < 1.29 is 0 Å². The van der Waals surface area contributed by atoms with Crippen molar-refractivity contribution in [2.75, 3.05) is 6.54 Å². The number of rotatable bonds is 5. The maximum atomic E-state index is 3.99. The Bertz CT molecular complexity index is 466. The van der Waals surface area contributed by atoms with Gasteiger partial charge in [-0.2, -0.15) is 0 Å². The zero-order chi connectivity index (χ0) is 12.1. The van der Waals surface area contributed by atoms with Gasteiger partial charge < -0.3 is 10.3 Å². The molecule has 0 saturated heterocycles. The molecule has 0 aliphatic carbocycles. The van der Waals surface area contributed by atoms with Crippen LogP contribution in [0.3, 0.4) is 0 Å². The van der Waals surface area contributed by atoms with Crippen LogP contribution in [0.2, 0.25) is 0 Å². The summed E-state index contributed by atoms with van der Waals surface area (Å²) in [6.07, 6.45) is 4.56. The summed E-state index contributed by atoms with van der Waals surface area (Å²) in [5, 5.41) is 3.42. The van der Waals surface area contributed by atoms with E-state index in [0.29, 0.717) is 0 Å². The van der Waals surface area contributed by atoms with Crippen molar-refractivity contribution in [2.24, 2.45) is 0 Å². The Labute approximate surface area is 110 Å². The minimum absolute atomic E-state index is 0.896. The molecule has 2 N–H and O–H groups in total. The minimum Gasteiger partial charge on any atom is -0.348 e. The first-order chi connectivity index (χ1) is 8.25. The number of hydrogen-bond donors (Lipinski definition) is 2. The molecule has 0 fully saturated rings. The third-order valence-corrected chi connectivity index (χ3v) is 3.55. The van der Waals surface area contributed by atoms with E-state index in [1.54, 1.807) is 6.33 Å². The fourth-order valence-electron chi connectivity index (χ4n) is 1.62. The lowest BCUT2D eigenvalue weighted by Gasteiger charge is -2.06. The number of nitrogens with one attached hydrogen (secondary N) is 2. The number of nitrogens with zero attached hydrogens (tertiary/aromatic N) is 1. The topological polar surface area (TPSA) is 40.7 Å². The van der Waals surface area contributed by atoms with E-state index in [0.717, 1.165) is 19.5 Å². The fraction of sp³-hybridized carbons (Fsp3) is 0.308. The van der Waals surface area contributed by atoms with Gasteiger partial charge in [0.15, 0.2) is 0 Å². The molecule has 1 aromatic heterocycles. The van der Waals surface area contributed by atoms with Crippen molar-refractivity contribution in [3.8, 4) is 0 Å². The molecule has 0 bridgehead atoms. The zero-order valence-corrected chi connectivity index (χ0v) is 11.4. The fourth-order valence-corrected chi connectivity index (χ4v) is 2.05. The zero-order valence-electron chi connectivity index (χ0n) is 9.83. The number of hydrogen-bond acceptors (Lipinski definition) is 2. The summed E-state index contributed by atoms with van der Waals surface area (Å²) in [5.41, 5.74) is 3.74. The van der Waals surface area contributed by atoms with Gasteiger partial charge in [0.2, 0.25) is 0 Å². The molecule has 0 unspecified atom stereocenters. The highest BCUT2D eigenvalue weighted by atomic mass is 79.9. The first-order valence-electron chi connectivity index (χ1n) is 5.68. The molecule has 0 atom stereocenters. The molecule has 3 nitrogen and oxygen atoms in total. The lowest BCUT2D eigenvalue weighted by Crippen LogP contribution is -2.16. The van der Waals surface area contributed by atoms with Gasteiger partial charge in [0.1, 0.15) is 0 Å². The van der Waals surface area contributed by atoms with E-state index in [-0.39, 0.29) is 0 Å². The van der Waals surface area contributed by atoms with Gasteiger partial charge in [-0.15, -0.1) is 0 Å². The number of aryl methyl sites for hydroxylation is 1. The maximum absolute atomic E-state index is 3.99. The third-order valence-electron chi connectivity index (χ3n) is 2.69. The summed E-state index contributed by atoms with van der Waals surface area (Å²) in [4.78, 5) is 7.08. The van der Waals surface area contributed by atoms with Crippen molar-refractivity contribution in [3.63, 3.8) is 0 Å². The highest BCUT2D eigenvalue weighted by molar-refractivity contribution is 9.10. The van der Waals surface area contributed by atoms with E-state index in [4.69, 9.17) is 0 Å². The summed E-state index contributed by atoms with van der Waals surface area (Å²) in [5.74, 6) is 0. The lowest BCUT2D eigenvalue weighted by atomic mass is 10.1. The molecule has 1 aromatic carbocycles. The molecule has 1 heterocycles. The van der Waals surface area contributed by atoms with E-state index in [9.17, 15) is 0 Å². The second-order valence-corrected chi connectivity index (χ2v) is 4.94. The maximum Gasteiger partial charge on any atom is 0.0921 e. The first-order valence-corrected chi connectivity index (χ1v) is 6.48. The van der Waals surface area contributed by atoms with Crippen molar-refractivity contribution in [3.05, 3.63) is 52.0 Å². The average molecular weight is 294 g/mol. The summed E-state index contributed by atoms with van der Waals surface area (Å²) in [6, 6.07) is 6.46. The van der Waals surface area contributed by atoms with Crippen LogP contribution >= 0.6 is 15.9 Å². The van der Waals surface area contributed by atoms with E-state index in [1.165, 1.54) is 21.3 Å². The Morgan fingerprint density at radius 1 is 1.41 bits per heavy atom. The van der Waals surface area contributed by atoms with Crippen LogP contribution in [-0.2, 0) is 13.0 Å². The van der Waals surface area contributed by atoms with Gasteiger partial charge in [-0.3, -0.25) is 0 Å². The van der Waals surface area contributed by atoms with Gasteiger partial charge in [-0.05, 0) is 24.1 Å². The summed E-state index contributed by atoms with van der Waals surface area (Å²) in [6.45, 7) is 3.94. The van der Waals surface area contributed by atoms with Crippen LogP contribution in [-0.4, -0.2) is 16.5 Å². The summed E-state index contributed by atoms with van der Waals surface area (Å²) < 4.78 is 1.17. The highest BCUT2D eigenvalue weighted by Gasteiger charge is 1.98. The smallest absolute Gasteiger partial charge is 0.0921 e. The molecule has 0 spiro atoms.